The Labute approximate surface area is 160 Å². The van der Waals surface area contributed by atoms with E-state index in [4.69, 9.17) is 0 Å². The van der Waals surface area contributed by atoms with Gasteiger partial charge in [-0.2, -0.15) is 0 Å². The molecule has 0 saturated heterocycles. The van der Waals surface area contributed by atoms with Crippen molar-refractivity contribution in [3.05, 3.63) is 132 Å². The minimum absolute atomic E-state index is 1.13. The molecule has 0 spiro atoms. The van der Waals surface area contributed by atoms with Gasteiger partial charge in [0.2, 0.25) is 0 Å². The van der Waals surface area contributed by atoms with E-state index in [2.05, 4.69) is 126 Å². The molecule has 4 aromatic rings. The maximum Gasteiger partial charge on any atom is 0.0539 e. The summed E-state index contributed by atoms with van der Waals surface area (Å²) < 4.78 is 0. The Bertz CT molecular complexity index is 952. The number of nitrogens with zero attached hydrogens (tertiary/aromatic N) is 1. The van der Waals surface area contributed by atoms with Gasteiger partial charge in [0.05, 0.1) is 5.70 Å². The van der Waals surface area contributed by atoms with Crippen LogP contribution >= 0.6 is 0 Å². The number of rotatable bonds is 5. The molecule has 0 radical (unpaired) electrons. The van der Waals surface area contributed by atoms with Crippen molar-refractivity contribution in [3.8, 4) is 0 Å². The van der Waals surface area contributed by atoms with Crippen LogP contribution in [0.3, 0.4) is 0 Å². The summed E-state index contributed by atoms with van der Waals surface area (Å²) in [5.41, 5.74) is 5.76. The molecule has 130 valence electrons. The fourth-order valence-electron chi connectivity index (χ4n) is 3.17. The van der Waals surface area contributed by atoms with E-state index < -0.39 is 0 Å². The number of para-hydroxylation sites is 2. The van der Waals surface area contributed by atoms with Crippen molar-refractivity contribution in [1.29, 1.82) is 0 Å². The molecule has 0 unspecified atom stereocenters. The summed E-state index contributed by atoms with van der Waals surface area (Å²) in [6.07, 6.45) is 2.25. The van der Waals surface area contributed by atoms with Gasteiger partial charge in [-0.3, -0.25) is 0 Å². The third kappa shape index (κ3) is 3.99. The zero-order chi connectivity index (χ0) is 18.3. The van der Waals surface area contributed by atoms with E-state index in [1.807, 2.05) is 6.07 Å². The quantitative estimate of drug-likeness (QED) is 0.350. The Morgan fingerprint density at radius 1 is 0.481 bits per heavy atom. The lowest BCUT2D eigenvalue weighted by molar-refractivity contribution is 1.30. The van der Waals surface area contributed by atoms with Crippen LogP contribution in [0, 0.1) is 0 Å². The molecule has 0 N–H and O–H groups in total. The molecule has 27 heavy (non-hydrogen) atoms. The lowest BCUT2D eigenvalue weighted by Gasteiger charge is -2.28. The Morgan fingerprint density at radius 2 is 0.889 bits per heavy atom. The third-order valence-corrected chi connectivity index (χ3v) is 4.44. The standard InChI is InChI=1S/C26H21N/c1-5-13-22(14-6-1)21-26(23-15-7-2-8-16-23)27(24-17-9-3-10-18-24)25-19-11-4-12-20-25/h1-21H/b26-21-. The first kappa shape index (κ1) is 16.9. The van der Waals surface area contributed by atoms with Gasteiger partial charge < -0.3 is 4.90 Å². The van der Waals surface area contributed by atoms with E-state index in [0.29, 0.717) is 0 Å². The highest BCUT2D eigenvalue weighted by Crippen LogP contribution is 2.35. The zero-order valence-electron chi connectivity index (χ0n) is 15.1. The average Bonchev–Trinajstić information content (AvgIpc) is 2.76. The Hall–Kier alpha value is -3.58. The van der Waals surface area contributed by atoms with Crippen molar-refractivity contribution in [3.63, 3.8) is 0 Å². The van der Waals surface area contributed by atoms with Crippen molar-refractivity contribution >= 4 is 23.1 Å². The fourth-order valence-corrected chi connectivity index (χ4v) is 3.17. The smallest absolute Gasteiger partial charge is 0.0539 e. The van der Waals surface area contributed by atoms with Crippen LogP contribution in [0.4, 0.5) is 11.4 Å². The third-order valence-electron chi connectivity index (χ3n) is 4.44. The molecule has 4 aromatic carbocycles. The van der Waals surface area contributed by atoms with Crippen LogP contribution in [0.25, 0.3) is 11.8 Å². The van der Waals surface area contributed by atoms with Crippen molar-refractivity contribution in [2.24, 2.45) is 0 Å². The summed E-state index contributed by atoms with van der Waals surface area (Å²) in [5, 5.41) is 0. The molecular formula is C26H21N. The van der Waals surface area contributed by atoms with E-state index in [-0.39, 0.29) is 0 Å². The minimum Gasteiger partial charge on any atom is -0.310 e. The fraction of sp³-hybridized carbons (Fsp3) is 0. The first-order valence-corrected chi connectivity index (χ1v) is 9.14. The molecule has 1 heteroatoms. The second kappa shape index (κ2) is 8.20. The second-order valence-corrected chi connectivity index (χ2v) is 6.31. The highest BCUT2D eigenvalue weighted by atomic mass is 15.1. The van der Waals surface area contributed by atoms with Crippen LogP contribution < -0.4 is 4.90 Å². The minimum atomic E-state index is 1.13. The van der Waals surface area contributed by atoms with Gasteiger partial charge in [-0.05, 0) is 41.5 Å². The second-order valence-electron chi connectivity index (χ2n) is 6.31. The maximum atomic E-state index is 2.31. The van der Waals surface area contributed by atoms with E-state index in [0.717, 1.165) is 17.1 Å². The van der Waals surface area contributed by atoms with Crippen LogP contribution in [0.5, 0.6) is 0 Å². The first-order valence-electron chi connectivity index (χ1n) is 9.14. The zero-order valence-corrected chi connectivity index (χ0v) is 15.1. The maximum absolute atomic E-state index is 2.31. The van der Waals surface area contributed by atoms with Gasteiger partial charge >= 0.3 is 0 Å². The van der Waals surface area contributed by atoms with Crippen LogP contribution in [0.2, 0.25) is 0 Å². The number of hydrogen-bond acceptors (Lipinski definition) is 1. The average molecular weight is 347 g/mol. The monoisotopic (exact) mass is 347 g/mol. The van der Waals surface area contributed by atoms with Crippen molar-refractivity contribution in [2.45, 2.75) is 0 Å². The first-order chi connectivity index (χ1) is 13.4. The summed E-state index contributed by atoms with van der Waals surface area (Å²) in [6.45, 7) is 0. The summed E-state index contributed by atoms with van der Waals surface area (Å²) in [7, 11) is 0. The van der Waals surface area contributed by atoms with Gasteiger partial charge in [0, 0.05) is 11.4 Å². The molecular weight excluding hydrogens is 326 g/mol. The van der Waals surface area contributed by atoms with Crippen LogP contribution in [-0.2, 0) is 0 Å². The highest BCUT2D eigenvalue weighted by Gasteiger charge is 2.16. The number of hydrogen-bond donors (Lipinski definition) is 0. The molecule has 0 fully saturated rings. The molecule has 0 aliphatic heterocycles. The van der Waals surface area contributed by atoms with E-state index in [1.54, 1.807) is 0 Å². The highest BCUT2D eigenvalue weighted by molar-refractivity contribution is 5.95. The van der Waals surface area contributed by atoms with E-state index in [1.165, 1.54) is 11.1 Å². The predicted molar refractivity (Wildman–Crippen MR) is 116 cm³/mol. The molecule has 0 bridgehead atoms. The van der Waals surface area contributed by atoms with Gasteiger partial charge in [-0.1, -0.05) is 97.1 Å². The van der Waals surface area contributed by atoms with Crippen LogP contribution in [0.1, 0.15) is 11.1 Å². The molecule has 0 amide bonds. The van der Waals surface area contributed by atoms with Crippen molar-refractivity contribution in [1.82, 2.24) is 0 Å². The van der Waals surface area contributed by atoms with Gasteiger partial charge in [-0.15, -0.1) is 0 Å². The van der Waals surface area contributed by atoms with Gasteiger partial charge in [0.25, 0.3) is 0 Å². The van der Waals surface area contributed by atoms with Gasteiger partial charge in [-0.25, -0.2) is 0 Å². The van der Waals surface area contributed by atoms with Gasteiger partial charge in [0.15, 0.2) is 0 Å². The van der Waals surface area contributed by atoms with E-state index >= 15 is 0 Å². The molecule has 0 aliphatic carbocycles. The summed E-state index contributed by atoms with van der Waals surface area (Å²) in [6, 6.07) is 42.0. The lowest BCUT2D eigenvalue weighted by atomic mass is 10.1. The SMILES string of the molecule is C(=C(\c1ccccc1)N(c1ccccc1)c1ccccc1)/c1ccccc1. The Balaban J connectivity index is 1.93. The predicted octanol–water partition coefficient (Wildman–Crippen LogP) is 7.02. The molecule has 0 saturated carbocycles. The molecule has 4 rings (SSSR count). The molecule has 1 nitrogen and oxygen atoms in total. The number of anilines is 2. The van der Waals surface area contributed by atoms with Crippen LogP contribution in [0.15, 0.2) is 121 Å². The molecule has 0 aromatic heterocycles. The normalized spacial score (nSPS) is 11.2. The molecule has 0 atom stereocenters. The lowest BCUT2D eigenvalue weighted by Crippen LogP contribution is -2.15. The van der Waals surface area contributed by atoms with Crippen molar-refractivity contribution < 1.29 is 0 Å². The number of benzene rings is 4. The molecule has 0 aliphatic rings. The Kier molecular flexibility index (Phi) is 5.12. The van der Waals surface area contributed by atoms with E-state index in [9.17, 15) is 0 Å². The van der Waals surface area contributed by atoms with Gasteiger partial charge in [0.1, 0.15) is 0 Å². The molecule has 0 heterocycles. The Morgan fingerprint density at radius 3 is 1.37 bits per heavy atom. The topological polar surface area (TPSA) is 3.24 Å². The largest absolute Gasteiger partial charge is 0.310 e. The van der Waals surface area contributed by atoms with Crippen LogP contribution in [-0.4, -0.2) is 0 Å². The summed E-state index contributed by atoms with van der Waals surface area (Å²) >= 11 is 0. The summed E-state index contributed by atoms with van der Waals surface area (Å²) in [5.74, 6) is 0. The summed E-state index contributed by atoms with van der Waals surface area (Å²) in [4.78, 5) is 2.31. The van der Waals surface area contributed by atoms with Crippen molar-refractivity contribution in [2.75, 3.05) is 4.90 Å².